The van der Waals surface area contributed by atoms with Gasteiger partial charge in [0.1, 0.15) is 0 Å². The number of benzene rings is 1. The Morgan fingerprint density at radius 2 is 2.19 bits per heavy atom. The van der Waals surface area contributed by atoms with Gasteiger partial charge < -0.3 is 9.84 Å². The molecule has 0 amide bonds. The molecule has 88 valence electrons. The third-order valence-electron chi connectivity index (χ3n) is 3.15. The van der Waals surface area contributed by atoms with Gasteiger partial charge in [-0.3, -0.25) is 0 Å². The van der Waals surface area contributed by atoms with E-state index < -0.39 is 11.4 Å². The molecule has 0 saturated heterocycles. The van der Waals surface area contributed by atoms with Crippen molar-refractivity contribution in [1.29, 1.82) is 0 Å². The summed E-state index contributed by atoms with van der Waals surface area (Å²) in [7, 11) is 1.43. The lowest BCUT2D eigenvalue weighted by molar-refractivity contribution is 0.0377. The molecule has 3 heteroatoms. The SMILES string of the molecule is COc1cccc(C(C)(O)CC2CC2)c1F. The Bertz CT molecular complexity index is 384. The fraction of sp³-hybridized carbons (Fsp3) is 0.538. The lowest BCUT2D eigenvalue weighted by Gasteiger charge is -2.24. The summed E-state index contributed by atoms with van der Waals surface area (Å²) in [4.78, 5) is 0. The van der Waals surface area contributed by atoms with E-state index in [1.165, 1.54) is 7.11 Å². The number of methoxy groups -OCH3 is 1. The van der Waals surface area contributed by atoms with Gasteiger partial charge in [-0.1, -0.05) is 25.0 Å². The standard InChI is InChI=1S/C13H17FO2/c1-13(15,8-9-6-7-9)10-4-3-5-11(16-2)12(10)14/h3-5,9,15H,6-8H2,1-2H3. The van der Waals surface area contributed by atoms with Gasteiger partial charge in [0.2, 0.25) is 0 Å². The summed E-state index contributed by atoms with van der Waals surface area (Å²) >= 11 is 0. The number of hydrogen-bond acceptors (Lipinski definition) is 2. The summed E-state index contributed by atoms with van der Waals surface area (Å²) in [6.07, 6.45) is 2.90. The number of hydrogen-bond donors (Lipinski definition) is 1. The number of ether oxygens (including phenoxy) is 1. The van der Waals surface area contributed by atoms with Gasteiger partial charge in [0.05, 0.1) is 12.7 Å². The van der Waals surface area contributed by atoms with E-state index in [-0.39, 0.29) is 5.75 Å². The molecule has 0 spiro atoms. The van der Waals surface area contributed by atoms with E-state index in [0.29, 0.717) is 17.9 Å². The maximum absolute atomic E-state index is 14.0. The lowest BCUT2D eigenvalue weighted by Crippen LogP contribution is -2.23. The fourth-order valence-electron chi connectivity index (χ4n) is 2.08. The lowest BCUT2D eigenvalue weighted by atomic mass is 9.90. The first kappa shape index (κ1) is 11.4. The van der Waals surface area contributed by atoms with Crippen molar-refractivity contribution in [3.05, 3.63) is 29.6 Å². The van der Waals surface area contributed by atoms with E-state index in [2.05, 4.69) is 0 Å². The molecule has 1 N–H and O–H groups in total. The Balaban J connectivity index is 2.30. The monoisotopic (exact) mass is 224 g/mol. The van der Waals surface area contributed by atoms with Crippen molar-refractivity contribution < 1.29 is 14.2 Å². The third-order valence-corrected chi connectivity index (χ3v) is 3.15. The summed E-state index contributed by atoms with van der Waals surface area (Å²) in [6.45, 7) is 1.67. The minimum atomic E-state index is -1.10. The van der Waals surface area contributed by atoms with E-state index >= 15 is 0 Å². The molecule has 1 aromatic carbocycles. The Morgan fingerprint density at radius 3 is 2.75 bits per heavy atom. The third kappa shape index (κ3) is 2.19. The van der Waals surface area contributed by atoms with Crippen LogP contribution in [0.4, 0.5) is 4.39 Å². The van der Waals surface area contributed by atoms with E-state index in [0.717, 1.165) is 12.8 Å². The molecular weight excluding hydrogens is 207 g/mol. The van der Waals surface area contributed by atoms with Crippen LogP contribution in [0.5, 0.6) is 5.75 Å². The molecule has 2 rings (SSSR count). The molecule has 0 aliphatic heterocycles. The van der Waals surface area contributed by atoms with Gasteiger partial charge in [0.25, 0.3) is 0 Å². The Morgan fingerprint density at radius 1 is 1.50 bits per heavy atom. The molecule has 0 bridgehead atoms. The number of halogens is 1. The molecule has 1 aliphatic carbocycles. The van der Waals surface area contributed by atoms with Gasteiger partial charge in [-0.2, -0.15) is 0 Å². The molecular formula is C13H17FO2. The highest BCUT2D eigenvalue weighted by atomic mass is 19.1. The van der Waals surface area contributed by atoms with E-state index in [9.17, 15) is 9.50 Å². The number of rotatable bonds is 4. The van der Waals surface area contributed by atoms with Crippen molar-refractivity contribution in [2.45, 2.75) is 31.8 Å². The molecule has 1 saturated carbocycles. The molecule has 16 heavy (non-hydrogen) atoms. The van der Waals surface area contributed by atoms with Crippen molar-refractivity contribution in [3.63, 3.8) is 0 Å². The maximum atomic E-state index is 14.0. The van der Waals surface area contributed by atoms with Gasteiger partial charge in [-0.05, 0) is 25.3 Å². The predicted octanol–water partition coefficient (Wildman–Crippen LogP) is 2.84. The molecule has 0 heterocycles. The molecule has 1 atom stereocenters. The smallest absolute Gasteiger partial charge is 0.171 e. The van der Waals surface area contributed by atoms with Crippen LogP contribution in [0, 0.1) is 11.7 Å². The van der Waals surface area contributed by atoms with Gasteiger partial charge >= 0.3 is 0 Å². The van der Waals surface area contributed by atoms with Crippen LogP contribution in [0.2, 0.25) is 0 Å². The zero-order valence-electron chi connectivity index (χ0n) is 9.66. The largest absolute Gasteiger partial charge is 0.494 e. The minimum absolute atomic E-state index is 0.188. The van der Waals surface area contributed by atoms with Gasteiger partial charge in [-0.25, -0.2) is 4.39 Å². The summed E-state index contributed by atoms with van der Waals surface area (Å²) < 4.78 is 18.9. The van der Waals surface area contributed by atoms with Crippen LogP contribution < -0.4 is 4.74 Å². The molecule has 1 unspecified atom stereocenters. The van der Waals surface area contributed by atoms with Gasteiger partial charge in [0.15, 0.2) is 11.6 Å². The Labute approximate surface area is 95.1 Å². The first-order valence-corrected chi connectivity index (χ1v) is 5.60. The highest BCUT2D eigenvalue weighted by molar-refractivity contribution is 5.34. The van der Waals surface area contributed by atoms with Crippen LogP contribution in [-0.2, 0) is 5.60 Å². The normalized spacial score (nSPS) is 19.2. The van der Waals surface area contributed by atoms with Crippen LogP contribution >= 0.6 is 0 Å². The van der Waals surface area contributed by atoms with Crippen LogP contribution in [0.15, 0.2) is 18.2 Å². The van der Waals surface area contributed by atoms with Crippen LogP contribution in [0.3, 0.4) is 0 Å². The fourth-order valence-corrected chi connectivity index (χ4v) is 2.08. The predicted molar refractivity (Wildman–Crippen MR) is 59.9 cm³/mol. The average Bonchev–Trinajstić information content (AvgIpc) is 3.01. The Hall–Kier alpha value is -1.09. The van der Waals surface area contributed by atoms with Crippen molar-refractivity contribution in [2.24, 2.45) is 5.92 Å². The van der Waals surface area contributed by atoms with E-state index in [1.807, 2.05) is 0 Å². The van der Waals surface area contributed by atoms with E-state index in [4.69, 9.17) is 4.74 Å². The second-order valence-corrected chi connectivity index (χ2v) is 4.74. The molecule has 2 nitrogen and oxygen atoms in total. The topological polar surface area (TPSA) is 29.5 Å². The summed E-state index contributed by atoms with van der Waals surface area (Å²) in [5, 5.41) is 10.3. The summed E-state index contributed by atoms with van der Waals surface area (Å²) in [5.41, 5.74) is -0.765. The van der Waals surface area contributed by atoms with Crippen molar-refractivity contribution in [3.8, 4) is 5.75 Å². The molecule has 1 fully saturated rings. The van der Waals surface area contributed by atoms with Gasteiger partial charge in [0, 0.05) is 5.56 Å². The van der Waals surface area contributed by atoms with Crippen LogP contribution in [0.25, 0.3) is 0 Å². The Kier molecular flexibility index (Phi) is 2.89. The van der Waals surface area contributed by atoms with Crippen molar-refractivity contribution in [1.82, 2.24) is 0 Å². The van der Waals surface area contributed by atoms with E-state index in [1.54, 1.807) is 25.1 Å². The first-order valence-electron chi connectivity index (χ1n) is 5.60. The zero-order chi connectivity index (χ0) is 11.8. The first-order chi connectivity index (χ1) is 7.54. The highest BCUT2D eigenvalue weighted by Gasteiger charge is 2.35. The molecule has 1 aliphatic rings. The zero-order valence-corrected chi connectivity index (χ0v) is 9.66. The van der Waals surface area contributed by atoms with Crippen LogP contribution in [-0.4, -0.2) is 12.2 Å². The van der Waals surface area contributed by atoms with Crippen molar-refractivity contribution in [2.75, 3.05) is 7.11 Å². The van der Waals surface area contributed by atoms with Gasteiger partial charge in [-0.15, -0.1) is 0 Å². The molecule has 0 aromatic heterocycles. The molecule has 1 aromatic rings. The summed E-state index contributed by atoms with van der Waals surface area (Å²) in [6, 6.07) is 4.89. The minimum Gasteiger partial charge on any atom is -0.494 e. The maximum Gasteiger partial charge on any atom is 0.171 e. The van der Waals surface area contributed by atoms with Crippen molar-refractivity contribution >= 4 is 0 Å². The summed E-state index contributed by atoms with van der Waals surface area (Å²) in [5.74, 6) is 0.282. The second-order valence-electron chi connectivity index (χ2n) is 4.74. The van der Waals surface area contributed by atoms with Crippen LogP contribution in [0.1, 0.15) is 31.7 Å². The quantitative estimate of drug-likeness (QED) is 0.852. The average molecular weight is 224 g/mol. The molecule has 0 radical (unpaired) electrons. The highest BCUT2D eigenvalue weighted by Crippen LogP contribution is 2.42. The second kappa shape index (κ2) is 4.06. The number of aliphatic hydroxyl groups is 1.